The Kier molecular flexibility index (Phi) is 4.42. The number of hydrogen-bond acceptors (Lipinski definition) is 2. The van der Waals surface area contributed by atoms with Crippen LogP contribution in [0.25, 0.3) is 0 Å². The quantitative estimate of drug-likeness (QED) is 0.745. The van der Waals surface area contributed by atoms with Gasteiger partial charge in [-0.2, -0.15) is 0 Å². The summed E-state index contributed by atoms with van der Waals surface area (Å²) in [4.78, 5) is 6.72. The second kappa shape index (κ2) is 6.28. The van der Waals surface area contributed by atoms with Crippen molar-refractivity contribution in [2.45, 2.75) is 26.2 Å². The molecule has 0 bridgehead atoms. The molecule has 1 heterocycles. The maximum absolute atomic E-state index is 5.67. The van der Waals surface area contributed by atoms with Crippen LogP contribution in [-0.2, 0) is 4.74 Å². The van der Waals surface area contributed by atoms with Crippen molar-refractivity contribution in [1.82, 2.24) is 0 Å². The van der Waals surface area contributed by atoms with Gasteiger partial charge in [-0.1, -0.05) is 31.5 Å². The molecule has 92 valence electrons. The number of benzene rings is 1. The number of anilines is 1. The lowest BCUT2D eigenvalue weighted by atomic mass is 10.2. The molecule has 0 unspecified atom stereocenters. The van der Waals surface area contributed by atoms with Gasteiger partial charge in [0.15, 0.2) is 0 Å². The van der Waals surface area contributed by atoms with Gasteiger partial charge >= 0.3 is 0 Å². The van der Waals surface area contributed by atoms with Crippen LogP contribution in [0.2, 0.25) is 0 Å². The van der Waals surface area contributed by atoms with Crippen molar-refractivity contribution in [3.05, 3.63) is 30.3 Å². The number of para-hydroxylation sites is 1. The first-order valence-corrected chi connectivity index (χ1v) is 6.41. The SMILES string of the molecule is CCCCN=C1OCCCN1c1ccccc1. The van der Waals surface area contributed by atoms with Crippen molar-refractivity contribution >= 4 is 11.7 Å². The molecular formula is C14H20N2O. The summed E-state index contributed by atoms with van der Waals surface area (Å²) in [5, 5.41) is 0. The van der Waals surface area contributed by atoms with Gasteiger partial charge in [-0.25, -0.2) is 4.99 Å². The molecule has 0 N–H and O–H groups in total. The van der Waals surface area contributed by atoms with Crippen molar-refractivity contribution in [3.8, 4) is 0 Å². The van der Waals surface area contributed by atoms with Crippen LogP contribution in [0, 0.1) is 0 Å². The lowest BCUT2D eigenvalue weighted by molar-refractivity contribution is 0.269. The number of rotatable bonds is 4. The molecule has 17 heavy (non-hydrogen) atoms. The lowest BCUT2D eigenvalue weighted by Gasteiger charge is -2.29. The summed E-state index contributed by atoms with van der Waals surface area (Å²) in [6.07, 6.45) is 3.35. The fourth-order valence-electron chi connectivity index (χ4n) is 1.87. The van der Waals surface area contributed by atoms with E-state index in [1.165, 1.54) is 12.1 Å². The zero-order chi connectivity index (χ0) is 11.9. The Labute approximate surface area is 103 Å². The van der Waals surface area contributed by atoms with E-state index in [1.54, 1.807) is 0 Å². The van der Waals surface area contributed by atoms with Gasteiger partial charge < -0.3 is 4.74 Å². The smallest absolute Gasteiger partial charge is 0.291 e. The summed E-state index contributed by atoms with van der Waals surface area (Å²) in [5.41, 5.74) is 1.17. The van der Waals surface area contributed by atoms with Gasteiger partial charge in [0.25, 0.3) is 6.02 Å². The number of unbranched alkanes of at least 4 members (excludes halogenated alkanes) is 1. The third-order valence-electron chi connectivity index (χ3n) is 2.81. The van der Waals surface area contributed by atoms with Crippen molar-refractivity contribution < 1.29 is 4.74 Å². The third-order valence-corrected chi connectivity index (χ3v) is 2.81. The normalized spacial score (nSPS) is 18.2. The molecular weight excluding hydrogens is 212 g/mol. The Balaban J connectivity index is 2.09. The summed E-state index contributed by atoms with van der Waals surface area (Å²) in [6.45, 7) is 4.81. The molecule has 1 aromatic carbocycles. The second-order valence-electron chi connectivity index (χ2n) is 4.21. The van der Waals surface area contributed by atoms with Gasteiger partial charge in [0.2, 0.25) is 0 Å². The van der Waals surface area contributed by atoms with Crippen molar-refractivity contribution in [3.63, 3.8) is 0 Å². The van der Waals surface area contributed by atoms with Crippen LogP contribution in [0.5, 0.6) is 0 Å². The average Bonchev–Trinajstić information content (AvgIpc) is 2.41. The summed E-state index contributed by atoms with van der Waals surface area (Å²) in [6, 6.07) is 11.1. The zero-order valence-corrected chi connectivity index (χ0v) is 10.4. The number of aliphatic imine (C=N–C) groups is 1. The number of ether oxygens (including phenoxy) is 1. The van der Waals surface area contributed by atoms with E-state index in [-0.39, 0.29) is 0 Å². The molecule has 0 atom stereocenters. The molecule has 1 aliphatic rings. The zero-order valence-electron chi connectivity index (χ0n) is 10.4. The first kappa shape index (κ1) is 12.0. The Morgan fingerprint density at radius 1 is 1.29 bits per heavy atom. The fraction of sp³-hybridized carbons (Fsp3) is 0.500. The van der Waals surface area contributed by atoms with Crippen molar-refractivity contribution in [2.24, 2.45) is 4.99 Å². The van der Waals surface area contributed by atoms with E-state index in [1.807, 2.05) is 18.2 Å². The maximum atomic E-state index is 5.67. The highest BCUT2D eigenvalue weighted by Crippen LogP contribution is 2.17. The predicted molar refractivity (Wildman–Crippen MR) is 71.6 cm³/mol. The van der Waals surface area contributed by atoms with Crippen LogP contribution in [0.4, 0.5) is 5.69 Å². The van der Waals surface area contributed by atoms with E-state index in [0.29, 0.717) is 0 Å². The van der Waals surface area contributed by atoms with Crippen LogP contribution in [0.3, 0.4) is 0 Å². The number of amidine groups is 1. The van der Waals surface area contributed by atoms with Crippen LogP contribution in [0.1, 0.15) is 26.2 Å². The molecule has 0 aromatic heterocycles. The van der Waals surface area contributed by atoms with Crippen LogP contribution >= 0.6 is 0 Å². The van der Waals surface area contributed by atoms with E-state index >= 15 is 0 Å². The molecule has 3 nitrogen and oxygen atoms in total. The Morgan fingerprint density at radius 3 is 2.88 bits per heavy atom. The maximum Gasteiger partial charge on any atom is 0.291 e. The summed E-state index contributed by atoms with van der Waals surface area (Å²) in [7, 11) is 0. The van der Waals surface area contributed by atoms with Gasteiger partial charge in [-0.05, 0) is 25.0 Å². The summed E-state index contributed by atoms with van der Waals surface area (Å²) < 4.78 is 5.67. The van der Waals surface area contributed by atoms with Gasteiger partial charge in [0, 0.05) is 18.8 Å². The van der Waals surface area contributed by atoms with E-state index < -0.39 is 0 Å². The van der Waals surface area contributed by atoms with Gasteiger partial charge in [-0.3, -0.25) is 4.90 Å². The topological polar surface area (TPSA) is 24.8 Å². The first-order valence-electron chi connectivity index (χ1n) is 6.41. The largest absolute Gasteiger partial charge is 0.465 e. The number of hydrogen-bond donors (Lipinski definition) is 0. The van der Waals surface area contributed by atoms with Crippen LogP contribution < -0.4 is 4.90 Å². The summed E-state index contributed by atoms with van der Waals surface area (Å²) in [5.74, 6) is 0. The molecule has 0 radical (unpaired) electrons. The van der Waals surface area contributed by atoms with Crippen LogP contribution in [0.15, 0.2) is 35.3 Å². The van der Waals surface area contributed by atoms with E-state index in [0.717, 1.165) is 38.6 Å². The lowest BCUT2D eigenvalue weighted by Crippen LogP contribution is -2.39. The third kappa shape index (κ3) is 3.22. The summed E-state index contributed by atoms with van der Waals surface area (Å²) >= 11 is 0. The van der Waals surface area contributed by atoms with E-state index in [9.17, 15) is 0 Å². The Morgan fingerprint density at radius 2 is 2.12 bits per heavy atom. The molecule has 3 heteroatoms. The van der Waals surface area contributed by atoms with Gasteiger partial charge in [-0.15, -0.1) is 0 Å². The molecule has 0 amide bonds. The van der Waals surface area contributed by atoms with E-state index in [2.05, 4.69) is 28.9 Å². The highest BCUT2D eigenvalue weighted by molar-refractivity contribution is 5.92. The highest BCUT2D eigenvalue weighted by Gasteiger charge is 2.18. The molecule has 1 aromatic rings. The predicted octanol–water partition coefficient (Wildman–Crippen LogP) is 3.07. The molecule has 2 rings (SSSR count). The van der Waals surface area contributed by atoms with E-state index in [4.69, 9.17) is 4.74 Å². The molecule has 0 saturated carbocycles. The van der Waals surface area contributed by atoms with Crippen molar-refractivity contribution in [2.75, 3.05) is 24.6 Å². The van der Waals surface area contributed by atoms with Crippen LogP contribution in [-0.4, -0.2) is 25.7 Å². The monoisotopic (exact) mass is 232 g/mol. The minimum absolute atomic E-state index is 0.786. The first-order chi connectivity index (χ1) is 8.42. The molecule has 0 spiro atoms. The Bertz CT molecular complexity index is 362. The van der Waals surface area contributed by atoms with Crippen molar-refractivity contribution in [1.29, 1.82) is 0 Å². The fourth-order valence-corrected chi connectivity index (χ4v) is 1.87. The molecule has 1 aliphatic heterocycles. The average molecular weight is 232 g/mol. The van der Waals surface area contributed by atoms with Gasteiger partial charge in [0.1, 0.15) is 0 Å². The minimum Gasteiger partial charge on any atom is -0.465 e. The minimum atomic E-state index is 0.786. The molecule has 0 aliphatic carbocycles. The standard InChI is InChI=1S/C14H20N2O/c1-2-3-10-15-14-16(11-7-12-17-14)13-8-5-4-6-9-13/h4-6,8-9H,2-3,7,10-12H2,1H3. The number of nitrogens with zero attached hydrogens (tertiary/aromatic N) is 2. The van der Waals surface area contributed by atoms with Gasteiger partial charge in [0.05, 0.1) is 6.61 Å². The highest BCUT2D eigenvalue weighted by atomic mass is 16.5. The second-order valence-corrected chi connectivity index (χ2v) is 4.21. The Hall–Kier alpha value is -1.51. The molecule has 1 fully saturated rings. The molecule has 1 saturated heterocycles.